The number of halogens is 2. The fourth-order valence-corrected chi connectivity index (χ4v) is 3.39. The summed E-state index contributed by atoms with van der Waals surface area (Å²) in [6, 6.07) is 22.8. The van der Waals surface area contributed by atoms with Gasteiger partial charge in [-0.25, -0.2) is 0 Å². The maximum Gasteiger partial charge on any atom is 0.262 e. The fourth-order valence-electron chi connectivity index (χ4n) is 3.00. The van der Waals surface area contributed by atoms with E-state index in [1.54, 1.807) is 4.90 Å². The number of para-hydroxylation sites is 1. The van der Waals surface area contributed by atoms with E-state index in [-0.39, 0.29) is 12.1 Å². The molecular formula is C20H14BrClN2O. The molecule has 1 heterocycles. The van der Waals surface area contributed by atoms with Crippen LogP contribution in [0.2, 0.25) is 5.02 Å². The average molecular weight is 414 g/mol. The first-order valence-corrected chi connectivity index (χ1v) is 9.01. The number of fused-ring (bicyclic) bond motifs is 1. The number of rotatable bonds is 2. The summed E-state index contributed by atoms with van der Waals surface area (Å²) in [5, 5.41) is 4.14. The van der Waals surface area contributed by atoms with E-state index in [9.17, 15) is 4.79 Å². The summed E-state index contributed by atoms with van der Waals surface area (Å²) in [4.78, 5) is 15.0. The van der Waals surface area contributed by atoms with Crippen LogP contribution >= 0.6 is 27.5 Å². The van der Waals surface area contributed by atoms with Gasteiger partial charge in [0.05, 0.1) is 5.56 Å². The van der Waals surface area contributed by atoms with Crippen molar-refractivity contribution in [1.29, 1.82) is 0 Å². The highest BCUT2D eigenvalue weighted by Gasteiger charge is 2.33. The summed E-state index contributed by atoms with van der Waals surface area (Å²) in [5.41, 5.74) is 3.29. The maximum absolute atomic E-state index is 13.2. The molecule has 124 valence electrons. The van der Waals surface area contributed by atoms with Gasteiger partial charge in [-0.3, -0.25) is 9.69 Å². The molecule has 0 unspecified atom stereocenters. The van der Waals surface area contributed by atoms with E-state index in [1.165, 1.54) is 0 Å². The van der Waals surface area contributed by atoms with Crippen LogP contribution in [0.5, 0.6) is 0 Å². The maximum atomic E-state index is 13.2. The second-order valence-corrected chi connectivity index (χ2v) is 7.15. The lowest BCUT2D eigenvalue weighted by atomic mass is 10.0. The minimum atomic E-state index is -0.305. The first-order chi connectivity index (χ1) is 12.1. The molecule has 0 bridgehead atoms. The van der Waals surface area contributed by atoms with Gasteiger partial charge in [-0.15, -0.1) is 0 Å². The first-order valence-electron chi connectivity index (χ1n) is 7.83. The molecule has 0 spiro atoms. The van der Waals surface area contributed by atoms with Crippen LogP contribution in [0.1, 0.15) is 22.1 Å². The lowest BCUT2D eigenvalue weighted by molar-refractivity contribution is 0.0975. The van der Waals surface area contributed by atoms with Gasteiger partial charge in [0.15, 0.2) is 0 Å². The molecule has 1 amide bonds. The zero-order valence-corrected chi connectivity index (χ0v) is 15.5. The molecule has 3 nitrogen and oxygen atoms in total. The predicted molar refractivity (Wildman–Crippen MR) is 105 cm³/mol. The molecule has 1 atom stereocenters. The Bertz CT molecular complexity index is 925. The van der Waals surface area contributed by atoms with Gasteiger partial charge in [0.25, 0.3) is 5.91 Å². The Labute approximate surface area is 159 Å². The van der Waals surface area contributed by atoms with Crippen molar-refractivity contribution in [3.05, 3.63) is 93.4 Å². The third-order valence-electron chi connectivity index (χ3n) is 4.22. The zero-order valence-electron chi connectivity index (χ0n) is 13.1. The number of hydrogen-bond donors (Lipinski definition) is 1. The minimum Gasteiger partial charge on any atom is -0.360 e. The molecule has 5 heteroatoms. The second kappa shape index (κ2) is 6.54. The summed E-state index contributed by atoms with van der Waals surface area (Å²) in [5.74, 6) is -0.0309. The van der Waals surface area contributed by atoms with E-state index in [0.717, 1.165) is 21.4 Å². The number of hydrogen-bond acceptors (Lipinski definition) is 2. The Morgan fingerprint density at radius 1 is 0.920 bits per heavy atom. The van der Waals surface area contributed by atoms with Gasteiger partial charge >= 0.3 is 0 Å². The van der Waals surface area contributed by atoms with E-state index in [0.29, 0.717) is 10.6 Å². The van der Waals surface area contributed by atoms with E-state index in [2.05, 4.69) is 21.2 Å². The van der Waals surface area contributed by atoms with Crippen molar-refractivity contribution in [3.63, 3.8) is 0 Å². The number of carbonyl (C=O) groups is 1. The highest BCUT2D eigenvalue weighted by Crippen LogP contribution is 2.37. The lowest BCUT2D eigenvalue weighted by Gasteiger charge is -2.38. The van der Waals surface area contributed by atoms with Crippen molar-refractivity contribution < 1.29 is 4.79 Å². The second-order valence-electron chi connectivity index (χ2n) is 5.80. The van der Waals surface area contributed by atoms with Crippen LogP contribution in [0.4, 0.5) is 11.4 Å². The highest BCUT2D eigenvalue weighted by molar-refractivity contribution is 9.10. The highest BCUT2D eigenvalue weighted by atomic mass is 79.9. The van der Waals surface area contributed by atoms with Gasteiger partial charge in [0, 0.05) is 20.9 Å². The van der Waals surface area contributed by atoms with Gasteiger partial charge in [0.2, 0.25) is 0 Å². The Morgan fingerprint density at radius 3 is 2.32 bits per heavy atom. The van der Waals surface area contributed by atoms with Crippen molar-refractivity contribution in [2.24, 2.45) is 0 Å². The quantitative estimate of drug-likeness (QED) is 0.569. The SMILES string of the molecule is O=C1c2ccccc2N[C@@H](c2ccc(Cl)cc2)N1c1ccc(Br)cc1. The van der Waals surface area contributed by atoms with E-state index < -0.39 is 0 Å². The molecule has 4 rings (SSSR count). The molecule has 0 saturated carbocycles. The molecule has 0 saturated heterocycles. The number of amides is 1. The molecule has 3 aromatic rings. The van der Waals surface area contributed by atoms with Gasteiger partial charge in [0.1, 0.15) is 6.17 Å². The minimum absolute atomic E-state index is 0.0309. The topological polar surface area (TPSA) is 32.3 Å². The smallest absolute Gasteiger partial charge is 0.262 e. The monoisotopic (exact) mass is 412 g/mol. The number of carbonyl (C=O) groups excluding carboxylic acids is 1. The molecular weight excluding hydrogens is 400 g/mol. The molecule has 3 aromatic carbocycles. The van der Waals surface area contributed by atoms with E-state index in [4.69, 9.17) is 11.6 Å². The van der Waals surface area contributed by atoms with Gasteiger partial charge in [-0.2, -0.15) is 0 Å². The number of nitrogens with zero attached hydrogens (tertiary/aromatic N) is 1. The third-order valence-corrected chi connectivity index (χ3v) is 5.00. The van der Waals surface area contributed by atoms with Crippen LogP contribution in [-0.2, 0) is 0 Å². The Hall–Kier alpha value is -2.30. The van der Waals surface area contributed by atoms with Crippen molar-refractivity contribution >= 4 is 44.8 Å². The number of benzene rings is 3. The van der Waals surface area contributed by atoms with Gasteiger partial charge < -0.3 is 5.32 Å². The standard InChI is InChI=1S/C20H14BrClN2O/c21-14-7-11-16(12-8-14)24-19(13-5-9-15(22)10-6-13)23-18-4-2-1-3-17(18)20(24)25/h1-12,19,23H/t19-/m1/s1. The normalized spacial score (nSPS) is 16.3. The van der Waals surface area contributed by atoms with Crippen LogP contribution < -0.4 is 10.2 Å². The van der Waals surface area contributed by atoms with Crippen LogP contribution in [-0.4, -0.2) is 5.91 Å². The van der Waals surface area contributed by atoms with Gasteiger partial charge in [-0.1, -0.05) is 51.8 Å². The Balaban J connectivity index is 1.85. The number of anilines is 2. The average Bonchev–Trinajstić information content (AvgIpc) is 2.63. The Kier molecular flexibility index (Phi) is 4.24. The third kappa shape index (κ3) is 3.03. The van der Waals surface area contributed by atoms with Crippen LogP contribution in [0.15, 0.2) is 77.3 Å². The molecule has 1 aliphatic heterocycles. The van der Waals surface area contributed by atoms with Crippen molar-refractivity contribution in [2.45, 2.75) is 6.17 Å². The summed E-state index contributed by atoms with van der Waals surface area (Å²) in [6.45, 7) is 0. The molecule has 0 radical (unpaired) electrons. The van der Waals surface area contributed by atoms with E-state index >= 15 is 0 Å². The zero-order chi connectivity index (χ0) is 17.4. The van der Waals surface area contributed by atoms with Crippen LogP contribution in [0, 0.1) is 0 Å². The first kappa shape index (κ1) is 16.2. The van der Waals surface area contributed by atoms with Crippen LogP contribution in [0.25, 0.3) is 0 Å². The molecule has 0 fully saturated rings. The molecule has 25 heavy (non-hydrogen) atoms. The largest absolute Gasteiger partial charge is 0.360 e. The van der Waals surface area contributed by atoms with Crippen LogP contribution in [0.3, 0.4) is 0 Å². The lowest BCUT2D eigenvalue weighted by Crippen LogP contribution is -2.43. The predicted octanol–water partition coefficient (Wildman–Crippen LogP) is 5.87. The summed E-state index contributed by atoms with van der Waals surface area (Å²) < 4.78 is 0.970. The summed E-state index contributed by atoms with van der Waals surface area (Å²) >= 11 is 9.47. The van der Waals surface area contributed by atoms with Crippen molar-refractivity contribution in [2.75, 3.05) is 10.2 Å². The van der Waals surface area contributed by atoms with Gasteiger partial charge in [-0.05, 0) is 54.1 Å². The Morgan fingerprint density at radius 2 is 1.60 bits per heavy atom. The summed E-state index contributed by atoms with van der Waals surface area (Å²) in [6.07, 6.45) is -0.305. The molecule has 1 N–H and O–H groups in total. The molecule has 1 aliphatic rings. The van der Waals surface area contributed by atoms with E-state index in [1.807, 2.05) is 72.8 Å². The summed E-state index contributed by atoms with van der Waals surface area (Å²) in [7, 11) is 0. The van der Waals surface area contributed by atoms with Crippen molar-refractivity contribution in [3.8, 4) is 0 Å². The fraction of sp³-hybridized carbons (Fsp3) is 0.0500. The molecule has 0 aromatic heterocycles. The van der Waals surface area contributed by atoms with Crippen molar-refractivity contribution in [1.82, 2.24) is 0 Å². The molecule has 0 aliphatic carbocycles. The number of nitrogens with one attached hydrogen (secondary N) is 1.